The fourth-order valence-corrected chi connectivity index (χ4v) is 4.72. The number of unbranched alkanes of at least 4 members (excludes halogenated alkanes) is 4. The van der Waals surface area contributed by atoms with E-state index in [9.17, 15) is 18.0 Å². The summed E-state index contributed by atoms with van der Waals surface area (Å²) >= 11 is 0. The van der Waals surface area contributed by atoms with Gasteiger partial charge in [0, 0.05) is 31.2 Å². The van der Waals surface area contributed by atoms with E-state index in [0.29, 0.717) is 37.5 Å². The molecule has 1 aromatic heterocycles. The van der Waals surface area contributed by atoms with Gasteiger partial charge in [-0.25, -0.2) is 8.42 Å². The van der Waals surface area contributed by atoms with E-state index in [0.717, 1.165) is 43.0 Å². The molecule has 0 saturated carbocycles. The first-order valence-corrected chi connectivity index (χ1v) is 12.0. The van der Waals surface area contributed by atoms with E-state index in [1.54, 1.807) is 24.5 Å². The molecule has 2 aromatic rings. The fourth-order valence-electron chi connectivity index (χ4n) is 3.31. The van der Waals surface area contributed by atoms with Crippen LogP contribution < -0.4 is 21.5 Å². The van der Waals surface area contributed by atoms with Crippen molar-refractivity contribution in [1.82, 2.24) is 9.45 Å². The van der Waals surface area contributed by atoms with E-state index >= 15 is 0 Å². The smallest absolute Gasteiger partial charge is 0.253 e. The molecule has 2 heterocycles. The minimum atomic E-state index is -3.32. The minimum absolute atomic E-state index is 0.110. The molecule has 0 aliphatic carbocycles. The second-order valence-corrected chi connectivity index (χ2v) is 9.33. The number of hydrogen-bond donors (Lipinski definition) is 2. The van der Waals surface area contributed by atoms with Gasteiger partial charge < -0.3 is 10.6 Å². The molecule has 2 N–H and O–H groups in total. The number of sulfonamides is 1. The molecule has 9 nitrogen and oxygen atoms in total. The zero-order valence-electron chi connectivity index (χ0n) is 16.9. The lowest BCUT2D eigenvalue weighted by Crippen LogP contribution is -2.37. The van der Waals surface area contributed by atoms with Crippen LogP contribution in [0.2, 0.25) is 0 Å². The number of rotatable bonds is 12. The van der Waals surface area contributed by atoms with Crippen LogP contribution in [0, 0.1) is 0 Å². The van der Waals surface area contributed by atoms with Gasteiger partial charge in [0.2, 0.25) is 10.0 Å². The lowest BCUT2D eigenvalue weighted by molar-refractivity contribution is -0.108. The van der Waals surface area contributed by atoms with Crippen LogP contribution in [0.4, 0.5) is 17.1 Å². The first-order valence-electron chi connectivity index (χ1n) is 10.4. The molecule has 10 heteroatoms. The maximum absolute atomic E-state index is 12.2. The number of anilines is 3. The van der Waals surface area contributed by atoms with E-state index in [1.807, 2.05) is 0 Å². The highest BCUT2D eigenvalue weighted by Gasteiger charge is 2.24. The Morgan fingerprint density at radius 1 is 0.967 bits per heavy atom. The number of nitrogens with one attached hydrogen (secondary N) is 2. The Hall–Kier alpha value is -2.30. The Balaban J connectivity index is 1.31. The van der Waals surface area contributed by atoms with Gasteiger partial charge in [0.25, 0.3) is 10.9 Å². The molecule has 1 aliphatic rings. The summed E-state index contributed by atoms with van der Waals surface area (Å²) in [6, 6.07) is 3.44. The van der Waals surface area contributed by atoms with Crippen molar-refractivity contribution in [2.24, 2.45) is 0 Å². The van der Waals surface area contributed by atoms with Crippen molar-refractivity contribution in [2.45, 2.75) is 44.9 Å². The van der Waals surface area contributed by atoms with Gasteiger partial charge in [0.15, 0.2) is 0 Å². The monoisotopic (exact) mass is 436 g/mol. The Labute approximate surface area is 176 Å². The molecule has 0 amide bonds. The molecule has 0 bridgehead atoms. The van der Waals surface area contributed by atoms with E-state index in [-0.39, 0.29) is 11.4 Å². The third kappa shape index (κ3) is 5.87. The standard InChI is InChI=1S/C20H28N4O5S/c25-19-17(18(20(19)26)23-16-8-11-21-12-9-16)22-10-4-2-1-3-7-15-30(27,28)24-13-5-6-14-29-24/h8-9,11-12,22H,1-7,10,13-15H2,(H,21,23). The Morgan fingerprint density at radius 3 is 2.40 bits per heavy atom. The number of hydrogen-bond acceptors (Lipinski definition) is 8. The first kappa shape index (κ1) is 22.4. The second-order valence-electron chi connectivity index (χ2n) is 7.35. The maximum Gasteiger partial charge on any atom is 0.253 e. The zero-order chi connectivity index (χ0) is 21.4. The van der Waals surface area contributed by atoms with Crippen molar-refractivity contribution in [3.05, 3.63) is 45.0 Å². The average molecular weight is 437 g/mol. The van der Waals surface area contributed by atoms with Crippen LogP contribution in [0.1, 0.15) is 44.9 Å². The fraction of sp³-hybridized carbons (Fsp3) is 0.550. The van der Waals surface area contributed by atoms with E-state index < -0.39 is 20.9 Å². The molecule has 0 spiro atoms. The minimum Gasteiger partial charge on any atom is -0.380 e. The van der Waals surface area contributed by atoms with Crippen LogP contribution in [0.15, 0.2) is 34.1 Å². The van der Waals surface area contributed by atoms with Gasteiger partial charge in [0.1, 0.15) is 11.4 Å². The van der Waals surface area contributed by atoms with Crippen LogP contribution in [0.25, 0.3) is 0 Å². The van der Waals surface area contributed by atoms with Crippen LogP contribution in [-0.4, -0.2) is 43.3 Å². The van der Waals surface area contributed by atoms with Crippen molar-refractivity contribution >= 4 is 27.1 Å². The quantitative estimate of drug-likeness (QED) is 0.384. The van der Waals surface area contributed by atoms with Gasteiger partial charge in [-0.3, -0.25) is 19.4 Å². The van der Waals surface area contributed by atoms with Crippen LogP contribution >= 0.6 is 0 Å². The summed E-state index contributed by atoms with van der Waals surface area (Å²) in [5.41, 5.74) is 0.288. The van der Waals surface area contributed by atoms with E-state index in [4.69, 9.17) is 4.84 Å². The molecule has 3 rings (SSSR count). The van der Waals surface area contributed by atoms with Crippen molar-refractivity contribution < 1.29 is 13.3 Å². The lowest BCUT2D eigenvalue weighted by atomic mass is 10.1. The largest absolute Gasteiger partial charge is 0.380 e. The normalized spacial score (nSPS) is 15.3. The summed E-state index contributed by atoms with van der Waals surface area (Å²) in [6.45, 7) is 1.50. The summed E-state index contributed by atoms with van der Waals surface area (Å²) in [5, 5.41) is 5.99. The molecular weight excluding hydrogens is 408 g/mol. The SMILES string of the molecule is O=c1c(NCCCCCCCS(=O)(=O)N2CCCCO2)c(Nc2ccncc2)c1=O. The average Bonchev–Trinajstić information content (AvgIpc) is 2.78. The summed E-state index contributed by atoms with van der Waals surface area (Å²) in [4.78, 5) is 32.7. The highest BCUT2D eigenvalue weighted by Crippen LogP contribution is 2.20. The molecule has 1 fully saturated rings. The van der Waals surface area contributed by atoms with Gasteiger partial charge in [-0.15, -0.1) is 0 Å². The zero-order valence-corrected chi connectivity index (χ0v) is 17.7. The van der Waals surface area contributed by atoms with Gasteiger partial charge >= 0.3 is 0 Å². The lowest BCUT2D eigenvalue weighted by Gasteiger charge is -2.25. The second kappa shape index (κ2) is 10.6. The van der Waals surface area contributed by atoms with Crippen LogP contribution in [0.3, 0.4) is 0 Å². The van der Waals surface area contributed by atoms with Crippen molar-refractivity contribution in [1.29, 1.82) is 0 Å². The highest BCUT2D eigenvalue weighted by molar-refractivity contribution is 7.88. The molecule has 0 unspecified atom stereocenters. The predicted molar refractivity (Wildman–Crippen MR) is 116 cm³/mol. The van der Waals surface area contributed by atoms with Gasteiger partial charge in [-0.1, -0.05) is 23.7 Å². The highest BCUT2D eigenvalue weighted by atomic mass is 32.2. The van der Waals surface area contributed by atoms with E-state index in [1.165, 1.54) is 0 Å². The van der Waals surface area contributed by atoms with Gasteiger partial charge in [0.05, 0.1) is 12.4 Å². The van der Waals surface area contributed by atoms with Crippen molar-refractivity contribution in [2.75, 3.05) is 36.1 Å². The van der Waals surface area contributed by atoms with Crippen LogP contribution in [-0.2, 0) is 14.9 Å². The Bertz CT molecular complexity index is 981. The molecule has 1 aromatic carbocycles. The molecular formula is C20H28N4O5S. The van der Waals surface area contributed by atoms with E-state index in [2.05, 4.69) is 15.6 Å². The molecule has 30 heavy (non-hydrogen) atoms. The summed E-state index contributed by atoms with van der Waals surface area (Å²) in [7, 11) is -3.32. The molecule has 1 aliphatic heterocycles. The molecule has 0 radical (unpaired) electrons. The summed E-state index contributed by atoms with van der Waals surface area (Å²) in [6.07, 6.45) is 9.03. The molecule has 0 atom stereocenters. The Morgan fingerprint density at radius 2 is 1.67 bits per heavy atom. The van der Waals surface area contributed by atoms with Crippen molar-refractivity contribution in [3.8, 4) is 0 Å². The molecule has 164 valence electrons. The Kier molecular flexibility index (Phi) is 7.94. The molecule has 1 saturated heterocycles. The summed E-state index contributed by atoms with van der Waals surface area (Å²) in [5.74, 6) is 0.110. The number of aromatic nitrogens is 1. The summed E-state index contributed by atoms with van der Waals surface area (Å²) < 4.78 is 25.5. The third-order valence-electron chi connectivity index (χ3n) is 5.02. The third-order valence-corrected chi connectivity index (χ3v) is 6.73. The number of nitrogens with zero attached hydrogens (tertiary/aromatic N) is 2. The predicted octanol–water partition coefficient (Wildman–Crippen LogP) is 2.14. The number of hydroxylamine groups is 1. The van der Waals surface area contributed by atoms with Gasteiger partial charge in [-0.05, 0) is 37.8 Å². The van der Waals surface area contributed by atoms with Crippen LogP contribution in [0.5, 0.6) is 0 Å². The van der Waals surface area contributed by atoms with Gasteiger partial charge in [-0.2, -0.15) is 0 Å². The maximum atomic E-state index is 12.2. The first-order chi connectivity index (χ1) is 14.5. The van der Waals surface area contributed by atoms with Crippen molar-refractivity contribution in [3.63, 3.8) is 0 Å². The topological polar surface area (TPSA) is 118 Å². The number of pyridine rings is 1.